The molecule has 2 amide bonds. The second kappa shape index (κ2) is 9.53. The highest BCUT2D eigenvalue weighted by Gasteiger charge is 2.43. The molecule has 3 aromatic rings. The Hall–Kier alpha value is -3.19. The van der Waals surface area contributed by atoms with Gasteiger partial charge in [-0.1, -0.05) is 30.3 Å². The third-order valence-corrected chi connectivity index (χ3v) is 7.03. The lowest BCUT2D eigenvalue weighted by atomic mass is 9.74. The van der Waals surface area contributed by atoms with Crippen LogP contribution in [0, 0.1) is 5.41 Å². The number of benzene rings is 1. The van der Waals surface area contributed by atoms with Crippen LogP contribution in [0.15, 0.2) is 60.1 Å². The molecule has 0 aliphatic carbocycles. The van der Waals surface area contributed by atoms with Crippen molar-refractivity contribution in [2.45, 2.75) is 19.3 Å². The van der Waals surface area contributed by atoms with Crippen LogP contribution < -0.4 is 10.6 Å². The fraction of sp³-hybridized carbons (Fsp3) is 0.320. The standard InChI is InChI=1S/C25H28N4O2S/c1-26-22-15-20(9-11-28-22)23(30)29-12-5-10-25(17-29,24(31)27-2)16-18-6-3-7-19(14-18)21-8-4-13-32-21/h3-4,6-9,11,13-15H,5,10,12,16-17H2,1-2H3,(H,26,28)(H,27,31)/t25-/m1/s1. The SMILES string of the molecule is CNC(=O)[C@@]1(Cc2cccc(-c3cccs3)c2)CCCN(C(=O)c2ccnc(NC)c2)C1. The quantitative estimate of drug-likeness (QED) is 0.596. The van der Waals surface area contributed by atoms with Crippen LogP contribution in [0.25, 0.3) is 10.4 Å². The van der Waals surface area contributed by atoms with E-state index in [0.29, 0.717) is 30.9 Å². The third-order valence-electron chi connectivity index (χ3n) is 6.11. The van der Waals surface area contributed by atoms with Gasteiger partial charge in [0.2, 0.25) is 5.91 Å². The molecule has 32 heavy (non-hydrogen) atoms. The number of aromatic nitrogens is 1. The first-order chi connectivity index (χ1) is 15.5. The maximum absolute atomic E-state index is 13.3. The number of hydrogen-bond acceptors (Lipinski definition) is 5. The number of piperidine rings is 1. The van der Waals surface area contributed by atoms with Crippen LogP contribution in [0.2, 0.25) is 0 Å². The summed E-state index contributed by atoms with van der Waals surface area (Å²) in [6.07, 6.45) is 3.75. The largest absolute Gasteiger partial charge is 0.373 e. The molecule has 3 heterocycles. The molecule has 0 unspecified atom stereocenters. The predicted octanol–water partition coefficient (Wildman–Crippen LogP) is 4.06. The monoisotopic (exact) mass is 448 g/mol. The van der Waals surface area contributed by atoms with E-state index < -0.39 is 5.41 Å². The van der Waals surface area contributed by atoms with Crippen LogP contribution in [0.5, 0.6) is 0 Å². The molecule has 2 N–H and O–H groups in total. The molecule has 1 aromatic carbocycles. The number of carbonyl (C=O) groups is 2. The lowest BCUT2D eigenvalue weighted by Gasteiger charge is -2.41. The van der Waals surface area contributed by atoms with Gasteiger partial charge in [0.25, 0.3) is 5.91 Å². The number of amides is 2. The summed E-state index contributed by atoms with van der Waals surface area (Å²) in [7, 11) is 3.45. The van der Waals surface area contributed by atoms with Crippen LogP contribution in [0.1, 0.15) is 28.8 Å². The normalized spacial score (nSPS) is 18.2. The number of nitrogens with one attached hydrogen (secondary N) is 2. The maximum atomic E-state index is 13.3. The summed E-state index contributed by atoms with van der Waals surface area (Å²) >= 11 is 1.70. The summed E-state index contributed by atoms with van der Waals surface area (Å²) < 4.78 is 0. The van der Waals surface area contributed by atoms with Crippen molar-refractivity contribution < 1.29 is 9.59 Å². The van der Waals surface area contributed by atoms with E-state index >= 15 is 0 Å². The first kappa shape index (κ1) is 22.0. The minimum absolute atomic E-state index is 0.0119. The molecule has 6 nitrogen and oxygen atoms in total. The Labute approximate surface area is 192 Å². The van der Waals surface area contributed by atoms with Gasteiger partial charge in [-0.3, -0.25) is 9.59 Å². The number of rotatable bonds is 6. The Bertz CT molecular complexity index is 1100. The van der Waals surface area contributed by atoms with Crippen molar-refractivity contribution in [2.24, 2.45) is 5.41 Å². The van der Waals surface area contributed by atoms with E-state index in [1.807, 2.05) is 17.0 Å². The van der Waals surface area contributed by atoms with Crippen molar-refractivity contribution in [1.29, 1.82) is 0 Å². The smallest absolute Gasteiger partial charge is 0.254 e. The Morgan fingerprint density at radius 2 is 2.03 bits per heavy atom. The molecule has 2 aromatic heterocycles. The molecule has 1 atom stereocenters. The van der Waals surface area contributed by atoms with E-state index in [-0.39, 0.29) is 11.8 Å². The minimum Gasteiger partial charge on any atom is -0.373 e. The average molecular weight is 449 g/mol. The van der Waals surface area contributed by atoms with Crippen LogP contribution in [-0.2, 0) is 11.2 Å². The highest BCUT2D eigenvalue weighted by atomic mass is 32.1. The number of thiophene rings is 1. The van der Waals surface area contributed by atoms with Crippen molar-refractivity contribution >= 4 is 29.0 Å². The molecular formula is C25H28N4O2S. The third kappa shape index (κ3) is 4.53. The molecule has 0 radical (unpaired) electrons. The fourth-order valence-electron chi connectivity index (χ4n) is 4.53. The van der Waals surface area contributed by atoms with Gasteiger partial charge in [-0.2, -0.15) is 0 Å². The summed E-state index contributed by atoms with van der Waals surface area (Å²) in [5.41, 5.74) is 2.19. The van der Waals surface area contributed by atoms with E-state index in [2.05, 4.69) is 45.3 Å². The van der Waals surface area contributed by atoms with Crippen LogP contribution in [0.3, 0.4) is 0 Å². The molecule has 0 bridgehead atoms. The van der Waals surface area contributed by atoms with E-state index in [1.165, 1.54) is 4.88 Å². The topological polar surface area (TPSA) is 74.3 Å². The van der Waals surface area contributed by atoms with Gasteiger partial charge in [-0.05, 0) is 54.0 Å². The molecule has 1 aliphatic heterocycles. The van der Waals surface area contributed by atoms with Crippen molar-refractivity contribution in [1.82, 2.24) is 15.2 Å². The van der Waals surface area contributed by atoms with Gasteiger partial charge in [0.05, 0.1) is 5.41 Å². The second-order valence-electron chi connectivity index (χ2n) is 8.22. The molecule has 1 fully saturated rings. The van der Waals surface area contributed by atoms with E-state index in [1.54, 1.807) is 43.8 Å². The van der Waals surface area contributed by atoms with Crippen LogP contribution in [0.4, 0.5) is 5.82 Å². The summed E-state index contributed by atoms with van der Waals surface area (Å²) in [4.78, 5) is 33.6. The molecule has 1 aliphatic rings. The van der Waals surface area contributed by atoms with Crippen molar-refractivity contribution in [3.05, 3.63) is 71.2 Å². The molecule has 0 spiro atoms. The maximum Gasteiger partial charge on any atom is 0.254 e. The zero-order valence-electron chi connectivity index (χ0n) is 18.4. The van der Waals surface area contributed by atoms with Crippen molar-refractivity contribution in [3.8, 4) is 10.4 Å². The number of likely N-dealkylation sites (tertiary alicyclic amines) is 1. The molecule has 4 rings (SSSR count). The number of nitrogens with zero attached hydrogens (tertiary/aromatic N) is 2. The summed E-state index contributed by atoms with van der Waals surface area (Å²) in [6, 6.07) is 16.0. The van der Waals surface area contributed by atoms with Crippen LogP contribution in [-0.4, -0.2) is 48.9 Å². The molecule has 7 heteroatoms. The number of pyridine rings is 1. The van der Waals surface area contributed by atoms with E-state index in [4.69, 9.17) is 0 Å². The minimum atomic E-state index is -0.657. The van der Waals surface area contributed by atoms with Crippen molar-refractivity contribution in [3.63, 3.8) is 0 Å². The molecule has 166 valence electrons. The van der Waals surface area contributed by atoms with Gasteiger partial charge >= 0.3 is 0 Å². The first-order valence-electron chi connectivity index (χ1n) is 10.8. The zero-order chi connectivity index (χ0) is 22.6. The van der Waals surface area contributed by atoms with Crippen LogP contribution >= 0.6 is 11.3 Å². The highest BCUT2D eigenvalue weighted by Crippen LogP contribution is 2.36. The second-order valence-corrected chi connectivity index (χ2v) is 9.17. The zero-order valence-corrected chi connectivity index (χ0v) is 19.2. The summed E-state index contributed by atoms with van der Waals surface area (Å²) in [6.45, 7) is 1.04. The summed E-state index contributed by atoms with van der Waals surface area (Å²) in [5, 5.41) is 7.90. The lowest BCUT2D eigenvalue weighted by Crippen LogP contribution is -2.54. The first-order valence-corrected chi connectivity index (χ1v) is 11.7. The summed E-state index contributed by atoms with van der Waals surface area (Å²) in [5.74, 6) is 0.571. The Morgan fingerprint density at radius 1 is 1.16 bits per heavy atom. The Balaban J connectivity index is 1.61. The van der Waals surface area contributed by atoms with Gasteiger partial charge < -0.3 is 15.5 Å². The van der Waals surface area contributed by atoms with E-state index in [0.717, 1.165) is 24.0 Å². The van der Waals surface area contributed by atoms with Gasteiger partial charge in [0, 0.05) is 43.8 Å². The highest BCUT2D eigenvalue weighted by molar-refractivity contribution is 7.13. The van der Waals surface area contributed by atoms with Gasteiger partial charge in [0.1, 0.15) is 5.82 Å². The Kier molecular flexibility index (Phi) is 6.55. The number of anilines is 1. The Morgan fingerprint density at radius 3 is 2.78 bits per heavy atom. The lowest BCUT2D eigenvalue weighted by molar-refractivity contribution is -0.133. The molecular weight excluding hydrogens is 420 g/mol. The van der Waals surface area contributed by atoms with Crippen molar-refractivity contribution in [2.75, 3.05) is 32.5 Å². The molecule has 1 saturated heterocycles. The van der Waals surface area contributed by atoms with Gasteiger partial charge in [-0.15, -0.1) is 11.3 Å². The fourth-order valence-corrected chi connectivity index (χ4v) is 5.26. The average Bonchev–Trinajstić information content (AvgIpc) is 3.38. The number of carbonyl (C=O) groups excluding carboxylic acids is 2. The number of hydrogen-bond donors (Lipinski definition) is 2. The predicted molar refractivity (Wildman–Crippen MR) is 129 cm³/mol. The van der Waals surface area contributed by atoms with Gasteiger partial charge in [0.15, 0.2) is 0 Å². The molecule has 0 saturated carbocycles. The van der Waals surface area contributed by atoms with E-state index in [9.17, 15) is 9.59 Å². The van der Waals surface area contributed by atoms with Gasteiger partial charge in [-0.25, -0.2) is 4.98 Å².